The number of hydrogen-bond donors (Lipinski definition) is 7. The molecule has 20 heavy (non-hydrogen) atoms. The van der Waals surface area contributed by atoms with Gasteiger partial charge in [-0.05, 0) is 0 Å². The molecule has 8 N–H and O–H groups in total. The van der Waals surface area contributed by atoms with E-state index >= 15 is 0 Å². The van der Waals surface area contributed by atoms with Crippen LogP contribution < -0.4 is 11.1 Å². The average Bonchev–Trinajstić information content (AvgIpc) is 2.36. The Hall–Kier alpha value is -1.30. The molecule has 1 amide bonds. The van der Waals surface area contributed by atoms with E-state index in [-0.39, 0.29) is 0 Å². The Bertz CT molecular complexity index is 378. The minimum atomic E-state index is -2.29. The number of amides is 1. The topological polar surface area (TPSA) is 183 Å². The van der Waals surface area contributed by atoms with E-state index in [1.165, 1.54) is 0 Å². The number of nitrogens with one attached hydrogen (secondary N) is 1. The van der Waals surface area contributed by atoms with E-state index in [9.17, 15) is 30.0 Å². The molecule has 0 bridgehead atoms. The second-order valence-corrected chi connectivity index (χ2v) is 4.60. The Morgan fingerprint density at radius 3 is 2.50 bits per heavy atom. The van der Waals surface area contributed by atoms with Crippen LogP contribution in [0.3, 0.4) is 0 Å². The van der Waals surface area contributed by atoms with Gasteiger partial charge in [0.15, 0.2) is 0 Å². The fourth-order valence-corrected chi connectivity index (χ4v) is 1.76. The first kappa shape index (κ1) is 16.8. The first-order valence-corrected chi connectivity index (χ1v) is 5.82. The number of ether oxygens (including phenoxy) is 1. The van der Waals surface area contributed by atoms with Gasteiger partial charge in [0.05, 0.1) is 19.6 Å². The summed E-state index contributed by atoms with van der Waals surface area (Å²) in [6.07, 6.45) is -5.38. The summed E-state index contributed by atoms with van der Waals surface area (Å²) in [5, 5.41) is 49.5. The molecule has 0 aromatic rings. The highest BCUT2D eigenvalue weighted by Crippen LogP contribution is 2.23. The number of carbonyl (C=O) groups excluding carboxylic acids is 1. The molecule has 1 fully saturated rings. The lowest BCUT2D eigenvalue weighted by Gasteiger charge is -2.42. The molecule has 10 nitrogen and oxygen atoms in total. The van der Waals surface area contributed by atoms with E-state index in [4.69, 9.17) is 15.6 Å². The largest absolute Gasteiger partial charge is 0.480 e. The lowest BCUT2D eigenvalue weighted by atomic mass is 9.96. The molecule has 116 valence electrons. The van der Waals surface area contributed by atoms with Crippen LogP contribution in [0.5, 0.6) is 0 Å². The fourth-order valence-electron chi connectivity index (χ4n) is 1.76. The zero-order chi connectivity index (χ0) is 15.5. The highest BCUT2D eigenvalue weighted by atomic mass is 16.6. The van der Waals surface area contributed by atoms with Gasteiger partial charge in [-0.25, -0.2) is 0 Å². The molecular formula is C10H18N2O8. The van der Waals surface area contributed by atoms with Gasteiger partial charge in [-0.2, -0.15) is 0 Å². The van der Waals surface area contributed by atoms with Crippen LogP contribution in [0.25, 0.3) is 0 Å². The molecule has 5 atom stereocenters. The normalized spacial score (nSPS) is 35.5. The predicted molar refractivity (Wildman–Crippen MR) is 62.2 cm³/mol. The van der Waals surface area contributed by atoms with Gasteiger partial charge in [-0.15, -0.1) is 0 Å². The number of carbonyl (C=O) groups is 2. The van der Waals surface area contributed by atoms with Crippen LogP contribution in [0.1, 0.15) is 6.42 Å². The van der Waals surface area contributed by atoms with E-state index in [2.05, 4.69) is 5.32 Å². The van der Waals surface area contributed by atoms with Gasteiger partial charge in [0.1, 0.15) is 24.4 Å². The van der Waals surface area contributed by atoms with Crippen LogP contribution in [0.4, 0.5) is 0 Å². The van der Waals surface area contributed by atoms with Crippen LogP contribution in [-0.4, -0.2) is 80.7 Å². The van der Waals surface area contributed by atoms with E-state index in [0.717, 1.165) is 0 Å². The fraction of sp³-hybridized carbons (Fsp3) is 0.800. The Morgan fingerprint density at radius 2 is 2.00 bits per heavy atom. The minimum absolute atomic E-state index is 0.441. The number of rotatable bonds is 6. The number of hydrogen-bond acceptors (Lipinski definition) is 8. The maximum Gasteiger partial charge on any atom is 0.321 e. The summed E-state index contributed by atoms with van der Waals surface area (Å²) in [7, 11) is 0. The van der Waals surface area contributed by atoms with E-state index < -0.39 is 61.6 Å². The third-order valence-corrected chi connectivity index (χ3v) is 2.99. The smallest absolute Gasteiger partial charge is 0.321 e. The molecule has 1 heterocycles. The highest BCUT2D eigenvalue weighted by Gasteiger charge is 2.48. The summed E-state index contributed by atoms with van der Waals surface area (Å²) < 4.78 is 4.82. The van der Waals surface area contributed by atoms with Gasteiger partial charge >= 0.3 is 5.97 Å². The third-order valence-electron chi connectivity index (χ3n) is 2.99. The van der Waals surface area contributed by atoms with Crippen molar-refractivity contribution in [2.24, 2.45) is 5.73 Å². The monoisotopic (exact) mass is 294 g/mol. The van der Waals surface area contributed by atoms with Gasteiger partial charge < -0.3 is 36.0 Å². The summed E-state index contributed by atoms with van der Waals surface area (Å²) in [4.78, 5) is 21.6. The van der Waals surface area contributed by atoms with E-state index in [0.29, 0.717) is 0 Å². The number of nitrogens with two attached hydrogens (primary N) is 1. The standard InChI is InChI=1S/C10H18N2O8/c11-6(14)1-4(9(17)18)12-3-10(19)8(16)7(15)5(13)2-20-10/h4-5,7-8,12-13,15-16,19H,1-3H2,(H2,11,14)(H,17,18)/t4-,5-,7-,8+,10?/m1/s1. The second kappa shape index (κ2) is 6.43. The molecule has 1 rings (SSSR count). The van der Waals surface area contributed by atoms with Crippen molar-refractivity contribution in [3.05, 3.63) is 0 Å². The molecule has 0 aromatic heterocycles. The first-order valence-electron chi connectivity index (χ1n) is 5.82. The summed E-state index contributed by atoms with van der Waals surface area (Å²) in [5.74, 6) is -4.53. The van der Waals surface area contributed by atoms with Crippen LogP contribution in [-0.2, 0) is 14.3 Å². The Labute approximate surface area is 113 Å². The van der Waals surface area contributed by atoms with Crippen LogP contribution in [0, 0.1) is 0 Å². The van der Waals surface area contributed by atoms with Crippen molar-refractivity contribution in [3.63, 3.8) is 0 Å². The SMILES string of the molecule is NC(=O)C[C@@H](NCC1(O)OC[C@@H](O)[C@@H](O)[C@@H]1O)C(=O)O. The molecule has 1 saturated heterocycles. The summed E-state index contributed by atoms with van der Waals surface area (Å²) in [6, 6.07) is -1.38. The van der Waals surface area contributed by atoms with Crippen LogP contribution in [0.2, 0.25) is 0 Å². The maximum absolute atomic E-state index is 10.9. The summed E-state index contributed by atoms with van der Waals surface area (Å²) in [5.41, 5.74) is 4.88. The Morgan fingerprint density at radius 1 is 1.40 bits per heavy atom. The molecule has 0 radical (unpaired) electrons. The minimum Gasteiger partial charge on any atom is -0.480 e. The highest BCUT2D eigenvalue weighted by molar-refractivity contribution is 5.83. The van der Waals surface area contributed by atoms with Crippen LogP contribution >= 0.6 is 0 Å². The molecule has 0 spiro atoms. The molecule has 1 unspecified atom stereocenters. The van der Waals surface area contributed by atoms with E-state index in [1.807, 2.05) is 0 Å². The van der Waals surface area contributed by atoms with Gasteiger partial charge in [-0.1, -0.05) is 0 Å². The average molecular weight is 294 g/mol. The first-order chi connectivity index (χ1) is 9.17. The van der Waals surface area contributed by atoms with Gasteiger partial charge in [-0.3, -0.25) is 14.9 Å². The Balaban J connectivity index is 2.66. The molecule has 10 heteroatoms. The van der Waals surface area contributed by atoms with Crippen molar-refractivity contribution >= 4 is 11.9 Å². The van der Waals surface area contributed by atoms with Gasteiger partial charge in [0.25, 0.3) is 0 Å². The van der Waals surface area contributed by atoms with Crippen LogP contribution in [0.15, 0.2) is 0 Å². The number of aliphatic carboxylic acids is 1. The molecule has 0 aromatic carbocycles. The van der Waals surface area contributed by atoms with Crippen molar-refractivity contribution in [2.45, 2.75) is 36.6 Å². The van der Waals surface area contributed by atoms with Crippen molar-refractivity contribution in [2.75, 3.05) is 13.2 Å². The zero-order valence-electron chi connectivity index (χ0n) is 10.5. The second-order valence-electron chi connectivity index (χ2n) is 4.60. The van der Waals surface area contributed by atoms with Crippen molar-refractivity contribution < 1.29 is 39.9 Å². The van der Waals surface area contributed by atoms with Crippen molar-refractivity contribution in [3.8, 4) is 0 Å². The quantitative estimate of drug-likeness (QED) is 0.255. The third kappa shape index (κ3) is 3.85. The number of carboxylic acid groups (broad SMARTS) is 1. The van der Waals surface area contributed by atoms with Gasteiger partial charge in [0, 0.05) is 0 Å². The number of aliphatic hydroxyl groups excluding tert-OH is 3. The van der Waals surface area contributed by atoms with Crippen molar-refractivity contribution in [1.29, 1.82) is 0 Å². The lowest BCUT2D eigenvalue weighted by Crippen LogP contribution is -2.65. The molecule has 1 aliphatic heterocycles. The molecule has 0 aliphatic carbocycles. The Kier molecular flexibility index (Phi) is 5.39. The molecular weight excluding hydrogens is 276 g/mol. The molecule has 0 saturated carbocycles. The summed E-state index contributed by atoms with van der Waals surface area (Å²) in [6.45, 7) is -1.02. The van der Waals surface area contributed by atoms with E-state index in [1.54, 1.807) is 0 Å². The zero-order valence-corrected chi connectivity index (χ0v) is 10.5. The predicted octanol–water partition coefficient (Wildman–Crippen LogP) is -4.29. The van der Waals surface area contributed by atoms with Gasteiger partial charge in [0.2, 0.25) is 11.7 Å². The number of carboxylic acids is 1. The summed E-state index contributed by atoms with van der Waals surface area (Å²) >= 11 is 0. The number of aliphatic hydroxyl groups is 4. The number of primary amides is 1. The maximum atomic E-state index is 10.9. The molecule has 1 aliphatic rings. The van der Waals surface area contributed by atoms with Crippen molar-refractivity contribution in [1.82, 2.24) is 5.32 Å². The lowest BCUT2D eigenvalue weighted by molar-refractivity contribution is -0.318.